The Morgan fingerprint density at radius 1 is 0.882 bits per heavy atom. The predicted molar refractivity (Wildman–Crippen MR) is 129 cm³/mol. The molecule has 1 aromatic carbocycles. The topological polar surface area (TPSA) is 130 Å². The summed E-state index contributed by atoms with van der Waals surface area (Å²) in [6.45, 7) is 3.55. The quantitative estimate of drug-likeness (QED) is 0.334. The second kappa shape index (κ2) is 9.59. The maximum atomic E-state index is 12.3. The molecule has 5 rings (SSSR count). The SMILES string of the molecule is Cc1cccc(-c2nccc(Nc3ccnc(Nc4ccc(C(=O)NC5CNC5)cc4)n3)n2)n1. The smallest absolute Gasteiger partial charge is 0.251 e. The van der Waals surface area contributed by atoms with Crippen LogP contribution in [0, 0.1) is 6.92 Å². The van der Waals surface area contributed by atoms with E-state index >= 15 is 0 Å². The maximum absolute atomic E-state index is 12.3. The minimum absolute atomic E-state index is 0.0782. The van der Waals surface area contributed by atoms with Crippen LogP contribution in [0.15, 0.2) is 67.0 Å². The molecule has 1 amide bonds. The van der Waals surface area contributed by atoms with Crippen molar-refractivity contribution in [2.45, 2.75) is 13.0 Å². The Morgan fingerprint density at radius 3 is 2.38 bits per heavy atom. The first-order valence-electron chi connectivity index (χ1n) is 10.9. The lowest BCUT2D eigenvalue weighted by molar-refractivity contribution is 0.0924. The second-order valence-corrected chi connectivity index (χ2v) is 7.85. The van der Waals surface area contributed by atoms with E-state index in [1.54, 1.807) is 36.7 Å². The van der Waals surface area contributed by atoms with Crippen LogP contribution in [0.4, 0.5) is 23.3 Å². The largest absolute Gasteiger partial charge is 0.347 e. The van der Waals surface area contributed by atoms with E-state index in [2.05, 4.69) is 46.2 Å². The van der Waals surface area contributed by atoms with Gasteiger partial charge in [-0.15, -0.1) is 0 Å². The zero-order valence-electron chi connectivity index (χ0n) is 18.5. The number of nitrogens with zero attached hydrogens (tertiary/aromatic N) is 5. The molecule has 0 radical (unpaired) electrons. The molecular formula is C24H23N9O. The Kier molecular flexibility index (Phi) is 6.04. The van der Waals surface area contributed by atoms with E-state index in [1.807, 2.05) is 37.3 Å². The van der Waals surface area contributed by atoms with E-state index in [1.165, 1.54) is 0 Å². The number of rotatable bonds is 7. The van der Waals surface area contributed by atoms with E-state index in [0.717, 1.165) is 24.5 Å². The van der Waals surface area contributed by atoms with Gasteiger partial charge in [-0.1, -0.05) is 6.07 Å². The molecule has 3 aromatic heterocycles. The van der Waals surface area contributed by atoms with Crippen LogP contribution in [0.25, 0.3) is 11.5 Å². The predicted octanol–water partition coefficient (Wildman–Crippen LogP) is 2.83. The molecule has 10 nitrogen and oxygen atoms in total. The first kappa shape index (κ1) is 21.4. The van der Waals surface area contributed by atoms with Crippen LogP contribution in [0.1, 0.15) is 16.1 Å². The lowest BCUT2D eigenvalue weighted by Crippen LogP contribution is -2.56. The van der Waals surface area contributed by atoms with Gasteiger partial charge in [0, 0.05) is 42.4 Å². The van der Waals surface area contributed by atoms with Gasteiger partial charge in [-0.05, 0) is 55.5 Å². The molecule has 34 heavy (non-hydrogen) atoms. The van der Waals surface area contributed by atoms with Gasteiger partial charge in [0.15, 0.2) is 5.82 Å². The fourth-order valence-electron chi connectivity index (χ4n) is 3.33. The van der Waals surface area contributed by atoms with Gasteiger partial charge in [0.05, 0.1) is 6.04 Å². The van der Waals surface area contributed by atoms with Gasteiger partial charge in [0.1, 0.15) is 17.3 Å². The molecule has 1 aliphatic heterocycles. The second-order valence-electron chi connectivity index (χ2n) is 7.85. The van der Waals surface area contributed by atoms with Crippen LogP contribution in [-0.4, -0.2) is 50.0 Å². The Bertz CT molecular complexity index is 1310. The van der Waals surface area contributed by atoms with Crippen molar-refractivity contribution in [1.29, 1.82) is 0 Å². The van der Waals surface area contributed by atoms with Gasteiger partial charge in [-0.25, -0.2) is 19.9 Å². The van der Waals surface area contributed by atoms with E-state index in [0.29, 0.717) is 34.7 Å². The Labute approximate surface area is 196 Å². The highest BCUT2D eigenvalue weighted by molar-refractivity contribution is 5.94. The Hall–Kier alpha value is -4.44. The zero-order valence-corrected chi connectivity index (χ0v) is 18.5. The van der Waals surface area contributed by atoms with Crippen LogP contribution < -0.4 is 21.3 Å². The average molecular weight is 454 g/mol. The molecule has 4 aromatic rings. The van der Waals surface area contributed by atoms with Crippen LogP contribution in [0.3, 0.4) is 0 Å². The third-order valence-corrected chi connectivity index (χ3v) is 5.20. The van der Waals surface area contributed by atoms with Gasteiger partial charge in [-0.3, -0.25) is 4.79 Å². The molecule has 1 saturated heterocycles. The van der Waals surface area contributed by atoms with Crippen LogP contribution >= 0.6 is 0 Å². The molecule has 0 bridgehead atoms. The molecule has 0 aliphatic carbocycles. The number of amides is 1. The van der Waals surface area contributed by atoms with Crippen molar-refractivity contribution in [1.82, 2.24) is 35.6 Å². The summed E-state index contributed by atoms with van der Waals surface area (Å²) >= 11 is 0. The normalized spacial score (nSPS) is 13.1. The van der Waals surface area contributed by atoms with Gasteiger partial charge < -0.3 is 21.3 Å². The van der Waals surface area contributed by atoms with Crippen molar-refractivity contribution in [3.05, 3.63) is 78.2 Å². The Balaban J connectivity index is 1.25. The van der Waals surface area contributed by atoms with Crippen molar-refractivity contribution >= 4 is 29.2 Å². The molecule has 4 N–H and O–H groups in total. The molecular weight excluding hydrogens is 430 g/mol. The van der Waals surface area contributed by atoms with Crippen LogP contribution in [0.5, 0.6) is 0 Å². The van der Waals surface area contributed by atoms with Gasteiger partial charge in [0.2, 0.25) is 5.95 Å². The molecule has 0 atom stereocenters. The lowest BCUT2D eigenvalue weighted by Gasteiger charge is -2.27. The molecule has 0 saturated carbocycles. The highest BCUT2D eigenvalue weighted by Gasteiger charge is 2.19. The number of nitrogens with one attached hydrogen (secondary N) is 4. The van der Waals surface area contributed by atoms with Crippen LogP contribution in [-0.2, 0) is 0 Å². The van der Waals surface area contributed by atoms with Crippen molar-refractivity contribution in [3.63, 3.8) is 0 Å². The number of pyridine rings is 1. The van der Waals surface area contributed by atoms with Crippen molar-refractivity contribution in [2.24, 2.45) is 0 Å². The fourth-order valence-corrected chi connectivity index (χ4v) is 3.33. The van der Waals surface area contributed by atoms with Gasteiger partial charge in [-0.2, -0.15) is 4.98 Å². The van der Waals surface area contributed by atoms with Crippen molar-refractivity contribution in [2.75, 3.05) is 23.7 Å². The average Bonchev–Trinajstić information content (AvgIpc) is 2.82. The monoisotopic (exact) mass is 453 g/mol. The number of hydrogen-bond acceptors (Lipinski definition) is 9. The number of carbonyl (C=O) groups excluding carboxylic acids is 1. The highest BCUT2D eigenvalue weighted by Crippen LogP contribution is 2.19. The lowest BCUT2D eigenvalue weighted by atomic mass is 10.1. The van der Waals surface area contributed by atoms with Crippen molar-refractivity contribution < 1.29 is 4.79 Å². The molecule has 10 heteroatoms. The minimum atomic E-state index is -0.0782. The number of benzene rings is 1. The summed E-state index contributed by atoms with van der Waals surface area (Å²) in [5.74, 6) is 2.03. The molecule has 0 unspecified atom stereocenters. The van der Waals surface area contributed by atoms with Crippen molar-refractivity contribution in [3.8, 4) is 11.5 Å². The van der Waals surface area contributed by atoms with E-state index in [9.17, 15) is 4.79 Å². The Morgan fingerprint density at radius 2 is 1.65 bits per heavy atom. The number of hydrogen-bond donors (Lipinski definition) is 4. The summed E-state index contributed by atoms with van der Waals surface area (Å²) < 4.78 is 0. The molecule has 4 heterocycles. The zero-order chi connectivity index (χ0) is 23.3. The number of aromatic nitrogens is 5. The van der Waals surface area contributed by atoms with Gasteiger partial charge in [0.25, 0.3) is 5.91 Å². The number of carbonyl (C=O) groups is 1. The third kappa shape index (κ3) is 5.13. The van der Waals surface area contributed by atoms with E-state index in [-0.39, 0.29) is 11.9 Å². The van der Waals surface area contributed by atoms with Gasteiger partial charge >= 0.3 is 0 Å². The summed E-state index contributed by atoms with van der Waals surface area (Å²) in [5.41, 5.74) is 2.98. The maximum Gasteiger partial charge on any atom is 0.251 e. The first-order chi connectivity index (χ1) is 16.6. The summed E-state index contributed by atoms with van der Waals surface area (Å²) in [7, 11) is 0. The molecule has 1 aliphatic rings. The molecule has 1 fully saturated rings. The summed E-state index contributed by atoms with van der Waals surface area (Å²) in [6, 6.07) is 16.6. The highest BCUT2D eigenvalue weighted by atomic mass is 16.1. The fraction of sp³-hybridized carbons (Fsp3) is 0.167. The first-order valence-corrected chi connectivity index (χ1v) is 10.9. The minimum Gasteiger partial charge on any atom is -0.347 e. The van der Waals surface area contributed by atoms with Crippen LogP contribution in [0.2, 0.25) is 0 Å². The van der Waals surface area contributed by atoms with E-state index in [4.69, 9.17) is 0 Å². The third-order valence-electron chi connectivity index (χ3n) is 5.20. The number of anilines is 4. The molecule has 170 valence electrons. The standard InChI is InChI=1S/C24H23N9O/c1-15-3-2-4-19(28-15)22-26-11-9-20(32-22)31-21-10-12-27-24(33-21)30-17-7-5-16(6-8-17)23(34)29-18-13-25-14-18/h2-12,18,25H,13-14H2,1H3,(H,29,34)(H2,26,27,30,31,32,33). The summed E-state index contributed by atoms with van der Waals surface area (Å²) in [5, 5.41) is 12.4. The summed E-state index contributed by atoms with van der Waals surface area (Å²) in [4.78, 5) is 34.4. The number of aryl methyl sites for hydroxylation is 1. The summed E-state index contributed by atoms with van der Waals surface area (Å²) in [6.07, 6.45) is 3.32. The van der Waals surface area contributed by atoms with E-state index < -0.39 is 0 Å². The molecule has 0 spiro atoms.